The van der Waals surface area contributed by atoms with Crippen LogP contribution in [0.4, 0.5) is 8.78 Å². The van der Waals surface area contributed by atoms with Gasteiger partial charge in [0.15, 0.2) is 5.16 Å². The molecule has 0 aliphatic carbocycles. The highest BCUT2D eigenvalue weighted by Gasteiger charge is 2.08. The molecule has 116 valence electrons. The van der Waals surface area contributed by atoms with Crippen molar-refractivity contribution in [1.82, 2.24) is 15.3 Å². The highest BCUT2D eigenvalue weighted by Crippen LogP contribution is 2.14. The average molecular weight is 323 g/mol. The second-order valence-corrected chi connectivity index (χ2v) is 5.68. The van der Waals surface area contributed by atoms with Gasteiger partial charge >= 0.3 is 0 Å². The molecule has 2 rings (SSSR count). The van der Waals surface area contributed by atoms with E-state index in [2.05, 4.69) is 15.3 Å². The molecule has 0 radical (unpaired) electrons. The Morgan fingerprint density at radius 1 is 1.18 bits per heavy atom. The number of hydrogen-bond acceptors (Lipinski definition) is 4. The van der Waals surface area contributed by atoms with Gasteiger partial charge in [0.1, 0.15) is 11.6 Å². The summed E-state index contributed by atoms with van der Waals surface area (Å²) in [6.45, 7) is 3.65. The summed E-state index contributed by atoms with van der Waals surface area (Å²) in [6, 6.07) is 4.98. The van der Waals surface area contributed by atoms with Crippen LogP contribution in [0.5, 0.6) is 0 Å². The molecular formula is C15H15F2N3OS. The zero-order valence-electron chi connectivity index (χ0n) is 12.2. The molecule has 0 atom stereocenters. The van der Waals surface area contributed by atoms with Crippen LogP contribution in [0.1, 0.15) is 17.0 Å². The van der Waals surface area contributed by atoms with E-state index in [0.717, 1.165) is 29.6 Å². The summed E-state index contributed by atoms with van der Waals surface area (Å²) >= 11 is 1.20. The first-order valence-electron chi connectivity index (χ1n) is 6.60. The minimum absolute atomic E-state index is 0.0588. The van der Waals surface area contributed by atoms with Crippen LogP contribution in [0.25, 0.3) is 0 Å². The van der Waals surface area contributed by atoms with Crippen molar-refractivity contribution in [1.29, 1.82) is 0 Å². The van der Waals surface area contributed by atoms with Gasteiger partial charge in [0.25, 0.3) is 0 Å². The average Bonchev–Trinajstić information content (AvgIpc) is 2.45. The van der Waals surface area contributed by atoms with E-state index in [0.29, 0.717) is 5.16 Å². The molecule has 1 N–H and O–H groups in total. The van der Waals surface area contributed by atoms with E-state index < -0.39 is 11.6 Å². The molecule has 0 unspecified atom stereocenters. The van der Waals surface area contributed by atoms with E-state index in [-0.39, 0.29) is 23.8 Å². The van der Waals surface area contributed by atoms with E-state index >= 15 is 0 Å². The Balaban J connectivity index is 1.86. The molecule has 2 aromatic rings. The van der Waals surface area contributed by atoms with Crippen LogP contribution in [0.15, 0.2) is 29.4 Å². The van der Waals surface area contributed by atoms with Gasteiger partial charge in [-0.3, -0.25) is 4.79 Å². The highest BCUT2D eigenvalue weighted by atomic mass is 32.2. The number of nitrogens with one attached hydrogen (secondary N) is 1. The van der Waals surface area contributed by atoms with Crippen molar-refractivity contribution in [2.75, 3.05) is 5.75 Å². The Hall–Kier alpha value is -2.02. The second kappa shape index (κ2) is 7.31. The molecule has 0 bridgehead atoms. The third-order valence-electron chi connectivity index (χ3n) is 2.78. The van der Waals surface area contributed by atoms with Gasteiger partial charge in [0.2, 0.25) is 5.91 Å². The Kier molecular flexibility index (Phi) is 5.43. The predicted octanol–water partition coefficient (Wildman–Crippen LogP) is 2.78. The minimum atomic E-state index is -0.549. The molecule has 0 aliphatic rings. The standard InChI is InChI=1S/C15H15F2N3OS/c1-9-5-10(2)20-15(19-9)22-8-14(21)18-7-11-6-12(16)3-4-13(11)17/h3-6H,7-8H2,1-2H3,(H,18,21). The molecule has 1 amide bonds. The summed E-state index contributed by atoms with van der Waals surface area (Å²) in [5.74, 6) is -1.27. The van der Waals surface area contributed by atoms with Crippen LogP contribution in [0.3, 0.4) is 0 Å². The van der Waals surface area contributed by atoms with Crippen molar-refractivity contribution in [3.8, 4) is 0 Å². The molecule has 1 aromatic carbocycles. The van der Waals surface area contributed by atoms with Gasteiger partial charge in [-0.15, -0.1) is 0 Å². The normalized spacial score (nSPS) is 10.5. The van der Waals surface area contributed by atoms with Crippen LogP contribution < -0.4 is 5.32 Å². The number of aryl methyl sites for hydroxylation is 2. The van der Waals surface area contributed by atoms with Crippen LogP contribution >= 0.6 is 11.8 Å². The molecule has 4 nitrogen and oxygen atoms in total. The van der Waals surface area contributed by atoms with Crippen LogP contribution in [-0.2, 0) is 11.3 Å². The molecule has 0 spiro atoms. The lowest BCUT2D eigenvalue weighted by molar-refractivity contribution is -0.118. The molecule has 1 heterocycles. The SMILES string of the molecule is Cc1cc(C)nc(SCC(=O)NCc2cc(F)ccc2F)n1. The van der Waals surface area contributed by atoms with Crippen molar-refractivity contribution >= 4 is 17.7 Å². The van der Waals surface area contributed by atoms with E-state index in [4.69, 9.17) is 0 Å². The number of rotatable bonds is 5. The van der Waals surface area contributed by atoms with Gasteiger partial charge in [-0.25, -0.2) is 18.7 Å². The molecule has 7 heteroatoms. The van der Waals surface area contributed by atoms with Gasteiger partial charge in [-0.2, -0.15) is 0 Å². The maximum Gasteiger partial charge on any atom is 0.230 e. The monoisotopic (exact) mass is 323 g/mol. The van der Waals surface area contributed by atoms with Crippen molar-refractivity contribution in [3.63, 3.8) is 0 Å². The Bertz CT molecular complexity index is 674. The zero-order chi connectivity index (χ0) is 16.1. The fourth-order valence-electron chi connectivity index (χ4n) is 1.81. The molecule has 0 aliphatic heterocycles. The topological polar surface area (TPSA) is 54.9 Å². The number of carbonyl (C=O) groups is 1. The maximum absolute atomic E-state index is 13.4. The van der Waals surface area contributed by atoms with E-state index in [1.165, 1.54) is 11.8 Å². The number of benzene rings is 1. The maximum atomic E-state index is 13.4. The van der Waals surface area contributed by atoms with Crippen molar-refractivity contribution < 1.29 is 13.6 Å². The number of aromatic nitrogens is 2. The molecule has 0 saturated carbocycles. The molecular weight excluding hydrogens is 308 g/mol. The summed E-state index contributed by atoms with van der Waals surface area (Å²) in [6.07, 6.45) is 0. The third-order valence-corrected chi connectivity index (χ3v) is 3.63. The lowest BCUT2D eigenvalue weighted by Crippen LogP contribution is -2.25. The number of thioether (sulfide) groups is 1. The number of halogens is 2. The first-order chi connectivity index (χ1) is 10.4. The summed E-state index contributed by atoms with van der Waals surface area (Å²) in [4.78, 5) is 20.2. The molecule has 22 heavy (non-hydrogen) atoms. The number of carbonyl (C=O) groups excluding carboxylic acids is 1. The Morgan fingerprint density at radius 3 is 2.55 bits per heavy atom. The van der Waals surface area contributed by atoms with Gasteiger partial charge in [0.05, 0.1) is 5.75 Å². The largest absolute Gasteiger partial charge is 0.351 e. The van der Waals surface area contributed by atoms with E-state index in [9.17, 15) is 13.6 Å². The fraction of sp³-hybridized carbons (Fsp3) is 0.267. The van der Waals surface area contributed by atoms with Crippen LogP contribution in [0, 0.1) is 25.5 Å². The van der Waals surface area contributed by atoms with Gasteiger partial charge < -0.3 is 5.32 Å². The smallest absolute Gasteiger partial charge is 0.230 e. The number of amides is 1. The molecule has 1 aromatic heterocycles. The summed E-state index contributed by atoms with van der Waals surface area (Å²) in [5, 5.41) is 3.06. The van der Waals surface area contributed by atoms with Crippen LogP contribution in [0.2, 0.25) is 0 Å². The lowest BCUT2D eigenvalue weighted by Gasteiger charge is -2.06. The number of hydrogen-bond donors (Lipinski definition) is 1. The summed E-state index contributed by atoms with van der Waals surface area (Å²) < 4.78 is 26.4. The van der Waals surface area contributed by atoms with E-state index in [1.807, 2.05) is 19.9 Å². The Labute approximate surface area is 131 Å². The highest BCUT2D eigenvalue weighted by molar-refractivity contribution is 7.99. The Morgan fingerprint density at radius 2 is 1.86 bits per heavy atom. The quantitative estimate of drug-likeness (QED) is 0.679. The van der Waals surface area contributed by atoms with E-state index in [1.54, 1.807) is 0 Å². The fourth-order valence-corrected chi connectivity index (χ4v) is 2.59. The zero-order valence-corrected chi connectivity index (χ0v) is 13.0. The summed E-state index contributed by atoms with van der Waals surface area (Å²) in [5.41, 5.74) is 1.77. The van der Waals surface area contributed by atoms with Gasteiger partial charge in [-0.1, -0.05) is 11.8 Å². The van der Waals surface area contributed by atoms with Crippen molar-refractivity contribution in [2.24, 2.45) is 0 Å². The van der Waals surface area contributed by atoms with Gasteiger partial charge in [0, 0.05) is 23.5 Å². The molecule has 0 saturated heterocycles. The number of nitrogens with zero attached hydrogens (tertiary/aromatic N) is 2. The first kappa shape index (κ1) is 16.4. The lowest BCUT2D eigenvalue weighted by atomic mass is 10.2. The summed E-state index contributed by atoms with van der Waals surface area (Å²) in [7, 11) is 0. The van der Waals surface area contributed by atoms with Crippen molar-refractivity contribution in [2.45, 2.75) is 25.5 Å². The second-order valence-electron chi connectivity index (χ2n) is 4.73. The van der Waals surface area contributed by atoms with Gasteiger partial charge in [-0.05, 0) is 38.1 Å². The minimum Gasteiger partial charge on any atom is -0.351 e. The predicted molar refractivity (Wildman–Crippen MR) is 80.4 cm³/mol. The van der Waals surface area contributed by atoms with Crippen molar-refractivity contribution in [3.05, 3.63) is 52.9 Å². The third kappa shape index (κ3) is 4.77. The van der Waals surface area contributed by atoms with Crippen LogP contribution in [-0.4, -0.2) is 21.6 Å². The first-order valence-corrected chi connectivity index (χ1v) is 7.58. The molecule has 0 fully saturated rings.